The van der Waals surface area contributed by atoms with E-state index in [0.717, 1.165) is 24.3 Å². The SMILES string of the molecule is CC(C)(C)c1cc(C2(CN)CC2)no1. The van der Waals surface area contributed by atoms with Crippen LogP contribution in [0, 0.1) is 0 Å². The van der Waals surface area contributed by atoms with Crippen LogP contribution in [0.3, 0.4) is 0 Å². The van der Waals surface area contributed by atoms with Gasteiger partial charge >= 0.3 is 0 Å². The summed E-state index contributed by atoms with van der Waals surface area (Å²) in [6, 6.07) is 2.07. The Hall–Kier alpha value is -0.830. The topological polar surface area (TPSA) is 52.0 Å². The van der Waals surface area contributed by atoms with Gasteiger partial charge in [-0.05, 0) is 12.8 Å². The van der Waals surface area contributed by atoms with Gasteiger partial charge in [0.15, 0.2) is 0 Å². The lowest BCUT2D eigenvalue weighted by atomic mass is 9.91. The van der Waals surface area contributed by atoms with E-state index >= 15 is 0 Å². The molecule has 1 heterocycles. The van der Waals surface area contributed by atoms with Crippen LogP contribution in [0.5, 0.6) is 0 Å². The maximum absolute atomic E-state index is 5.74. The first-order valence-electron chi connectivity index (χ1n) is 5.16. The van der Waals surface area contributed by atoms with E-state index in [9.17, 15) is 0 Å². The van der Waals surface area contributed by atoms with Crippen molar-refractivity contribution < 1.29 is 4.52 Å². The molecule has 0 unspecified atom stereocenters. The molecule has 0 radical (unpaired) electrons. The molecule has 1 aromatic heterocycles. The van der Waals surface area contributed by atoms with Crippen molar-refractivity contribution >= 4 is 0 Å². The molecule has 78 valence electrons. The van der Waals surface area contributed by atoms with E-state index < -0.39 is 0 Å². The third-order valence-electron chi connectivity index (χ3n) is 3.04. The van der Waals surface area contributed by atoms with Gasteiger partial charge in [0.05, 0.1) is 5.69 Å². The van der Waals surface area contributed by atoms with E-state index in [1.54, 1.807) is 0 Å². The monoisotopic (exact) mass is 194 g/mol. The van der Waals surface area contributed by atoms with Crippen molar-refractivity contribution in [2.75, 3.05) is 6.54 Å². The molecule has 0 bridgehead atoms. The number of aromatic nitrogens is 1. The summed E-state index contributed by atoms with van der Waals surface area (Å²) in [6.07, 6.45) is 2.30. The van der Waals surface area contributed by atoms with Crippen molar-refractivity contribution in [2.45, 2.75) is 44.4 Å². The Balaban J connectivity index is 2.27. The lowest BCUT2D eigenvalue weighted by Crippen LogP contribution is -2.20. The largest absolute Gasteiger partial charge is 0.361 e. The molecule has 0 amide bonds. The fourth-order valence-electron chi connectivity index (χ4n) is 1.59. The Morgan fingerprint density at radius 2 is 2.14 bits per heavy atom. The van der Waals surface area contributed by atoms with Crippen LogP contribution in [0.15, 0.2) is 10.6 Å². The zero-order chi connectivity index (χ0) is 10.4. The molecule has 0 aliphatic heterocycles. The number of hydrogen-bond donors (Lipinski definition) is 1. The Morgan fingerprint density at radius 3 is 2.50 bits per heavy atom. The quantitative estimate of drug-likeness (QED) is 0.783. The molecule has 0 saturated heterocycles. The van der Waals surface area contributed by atoms with Crippen molar-refractivity contribution in [1.82, 2.24) is 5.16 Å². The Kier molecular flexibility index (Phi) is 1.96. The first kappa shape index (κ1) is 9.71. The van der Waals surface area contributed by atoms with Gasteiger partial charge < -0.3 is 10.3 Å². The summed E-state index contributed by atoms with van der Waals surface area (Å²) in [7, 11) is 0. The molecule has 1 saturated carbocycles. The average molecular weight is 194 g/mol. The third kappa shape index (κ3) is 1.46. The second-order valence-corrected chi connectivity index (χ2v) is 5.31. The number of nitrogens with two attached hydrogens (primary N) is 1. The lowest BCUT2D eigenvalue weighted by molar-refractivity contribution is 0.323. The van der Waals surface area contributed by atoms with Crippen molar-refractivity contribution in [1.29, 1.82) is 0 Å². The predicted molar refractivity (Wildman–Crippen MR) is 55.2 cm³/mol. The fraction of sp³-hybridized carbons (Fsp3) is 0.727. The molecular formula is C11H18N2O. The highest BCUT2D eigenvalue weighted by molar-refractivity contribution is 5.27. The van der Waals surface area contributed by atoms with E-state index in [1.807, 2.05) is 0 Å². The summed E-state index contributed by atoms with van der Waals surface area (Å²) in [5, 5.41) is 4.13. The average Bonchev–Trinajstić information content (AvgIpc) is 2.73. The summed E-state index contributed by atoms with van der Waals surface area (Å²) in [5.41, 5.74) is 6.97. The molecule has 3 nitrogen and oxygen atoms in total. The van der Waals surface area contributed by atoms with Gasteiger partial charge in [0.1, 0.15) is 5.76 Å². The minimum Gasteiger partial charge on any atom is -0.361 e. The molecule has 2 rings (SSSR count). The van der Waals surface area contributed by atoms with Crippen LogP contribution in [0.1, 0.15) is 45.1 Å². The van der Waals surface area contributed by atoms with Crippen LogP contribution in [0.2, 0.25) is 0 Å². The van der Waals surface area contributed by atoms with Crippen molar-refractivity contribution in [2.24, 2.45) is 5.73 Å². The molecule has 1 aliphatic rings. The highest BCUT2D eigenvalue weighted by atomic mass is 16.5. The molecule has 0 spiro atoms. The van der Waals surface area contributed by atoms with Gasteiger partial charge in [-0.1, -0.05) is 25.9 Å². The summed E-state index contributed by atoms with van der Waals surface area (Å²) < 4.78 is 5.35. The van der Waals surface area contributed by atoms with Crippen molar-refractivity contribution in [3.8, 4) is 0 Å². The van der Waals surface area contributed by atoms with E-state index in [2.05, 4.69) is 32.0 Å². The van der Waals surface area contributed by atoms with Gasteiger partial charge in [-0.3, -0.25) is 0 Å². The second kappa shape index (κ2) is 2.83. The zero-order valence-corrected chi connectivity index (χ0v) is 9.13. The van der Waals surface area contributed by atoms with Crippen LogP contribution >= 0.6 is 0 Å². The smallest absolute Gasteiger partial charge is 0.142 e. The molecule has 1 aliphatic carbocycles. The lowest BCUT2D eigenvalue weighted by Gasteiger charge is -2.12. The van der Waals surface area contributed by atoms with Gasteiger partial charge in [0.2, 0.25) is 0 Å². The van der Waals surface area contributed by atoms with Gasteiger partial charge in [0, 0.05) is 23.4 Å². The Bertz CT molecular complexity index is 331. The molecule has 0 atom stereocenters. The van der Waals surface area contributed by atoms with Crippen LogP contribution in [0.4, 0.5) is 0 Å². The maximum Gasteiger partial charge on any atom is 0.142 e. The van der Waals surface area contributed by atoms with Crippen LogP contribution in [-0.4, -0.2) is 11.7 Å². The number of hydrogen-bond acceptors (Lipinski definition) is 3. The van der Waals surface area contributed by atoms with Gasteiger partial charge in [0.25, 0.3) is 0 Å². The standard InChI is InChI=1S/C11H18N2O/c1-10(2,3)9-6-8(13-14-9)11(7-12)4-5-11/h6H,4-5,7,12H2,1-3H3. The first-order valence-corrected chi connectivity index (χ1v) is 5.16. The van der Waals surface area contributed by atoms with E-state index in [4.69, 9.17) is 10.3 Å². The summed E-state index contributed by atoms with van der Waals surface area (Å²) in [6.45, 7) is 7.06. The van der Waals surface area contributed by atoms with Crippen LogP contribution < -0.4 is 5.73 Å². The van der Waals surface area contributed by atoms with E-state index in [0.29, 0.717) is 6.54 Å². The zero-order valence-electron chi connectivity index (χ0n) is 9.13. The van der Waals surface area contributed by atoms with Gasteiger partial charge in [-0.25, -0.2) is 0 Å². The highest BCUT2D eigenvalue weighted by Crippen LogP contribution is 2.47. The summed E-state index contributed by atoms with van der Waals surface area (Å²) >= 11 is 0. The normalized spacial score (nSPS) is 19.7. The molecule has 1 fully saturated rings. The minimum absolute atomic E-state index is 0.0376. The van der Waals surface area contributed by atoms with Crippen molar-refractivity contribution in [3.63, 3.8) is 0 Å². The molecule has 14 heavy (non-hydrogen) atoms. The number of nitrogens with zero attached hydrogens (tertiary/aromatic N) is 1. The molecule has 1 aromatic rings. The van der Waals surface area contributed by atoms with Gasteiger partial charge in [-0.15, -0.1) is 0 Å². The van der Waals surface area contributed by atoms with Crippen molar-refractivity contribution in [3.05, 3.63) is 17.5 Å². The predicted octanol–water partition coefficient (Wildman–Crippen LogP) is 1.96. The molecule has 3 heteroatoms. The minimum atomic E-state index is 0.0376. The second-order valence-electron chi connectivity index (χ2n) is 5.31. The first-order chi connectivity index (χ1) is 6.48. The Labute approximate surface area is 84.7 Å². The molecular weight excluding hydrogens is 176 g/mol. The third-order valence-corrected chi connectivity index (χ3v) is 3.04. The van der Waals surface area contributed by atoms with Crippen LogP contribution in [-0.2, 0) is 10.8 Å². The van der Waals surface area contributed by atoms with Gasteiger partial charge in [-0.2, -0.15) is 0 Å². The van der Waals surface area contributed by atoms with Crippen LogP contribution in [0.25, 0.3) is 0 Å². The maximum atomic E-state index is 5.74. The molecule has 2 N–H and O–H groups in total. The highest BCUT2D eigenvalue weighted by Gasteiger charge is 2.46. The summed E-state index contributed by atoms with van der Waals surface area (Å²) in [4.78, 5) is 0. The Morgan fingerprint density at radius 1 is 1.50 bits per heavy atom. The van der Waals surface area contributed by atoms with E-state index in [1.165, 1.54) is 0 Å². The summed E-state index contributed by atoms with van der Waals surface area (Å²) in [5.74, 6) is 0.951. The molecule has 0 aromatic carbocycles. The fourth-order valence-corrected chi connectivity index (χ4v) is 1.59. The number of rotatable bonds is 2. The van der Waals surface area contributed by atoms with E-state index in [-0.39, 0.29) is 10.8 Å².